The second kappa shape index (κ2) is 18.3. The van der Waals surface area contributed by atoms with E-state index in [4.69, 9.17) is 4.74 Å². The average molecular weight is 607 g/mol. The summed E-state index contributed by atoms with van der Waals surface area (Å²) in [5.41, 5.74) is 1.01. The predicted molar refractivity (Wildman–Crippen MR) is 162 cm³/mol. The summed E-state index contributed by atoms with van der Waals surface area (Å²) >= 11 is 4.24. The lowest BCUT2D eigenvalue weighted by Gasteiger charge is -2.27. The Hall–Kier alpha value is -3.28. The van der Waals surface area contributed by atoms with Crippen molar-refractivity contribution in [1.82, 2.24) is 21.3 Å². The summed E-state index contributed by atoms with van der Waals surface area (Å²) in [7, 11) is 1.59. The fourth-order valence-electron chi connectivity index (χ4n) is 4.88. The summed E-state index contributed by atoms with van der Waals surface area (Å²) < 4.78 is 5.15. The van der Waals surface area contributed by atoms with E-state index >= 15 is 0 Å². The normalized spacial score (nSPS) is 15.6. The number of carbonyl (C=O) groups excluding carboxylic acids is 4. The van der Waals surface area contributed by atoms with Crippen LogP contribution < -0.4 is 26.0 Å². The van der Waals surface area contributed by atoms with E-state index < -0.39 is 41.8 Å². The summed E-state index contributed by atoms with van der Waals surface area (Å²) in [6.07, 6.45) is 4.82. The van der Waals surface area contributed by atoms with Crippen molar-refractivity contribution < 1.29 is 33.8 Å². The fourth-order valence-corrected chi connectivity index (χ4v) is 5.14. The molecule has 12 heteroatoms. The fraction of sp³-hybridized carbons (Fsp3) is 0.633. The first kappa shape index (κ1) is 34.9. The van der Waals surface area contributed by atoms with Gasteiger partial charge in [-0.05, 0) is 55.7 Å². The Morgan fingerprint density at radius 1 is 0.905 bits per heavy atom. The number of thiol groups is 1. The number of carbonyl (C=O) groups is 5. The third kappa shape index (κ3) is 12.3. The molecule has 1 fully saturated rings. The molecule has 0 saturated heterocycles. The number of ether oxygens (including phenoxy) is 1. The van der Waals surface area contributed by atoms with Gasteiger partial charge in [-0.3, -0.25) is 24.0 Å². The highest BCUT2D eigenvalue weighted by Crippen LogP contribution is 2.24. The van der Waals surface area contributed by atoms with Gasteiger partial charge in [-0.2, -0.15) is 12.6 Å². The Kier molecular flexibility index (Phi) is 15.2. The van der Waals surface area contributed by atoms with Crippen molar-refractivity contribution in [1.29, 1.82) is 0 Å². The Bertz CT molecular complexity index is 1040. The molecule has 2 rings (SSSR count). The number of benzene rings is 1. The lowest BCUT2D eigenvalue weighted by molar-refractivity contribution is -0.138. The van der Waals surface area contributed by atoms with Crippen LogP contribution in [0.3, 0.4) is 0 Å². The van der Waals surface area contributed by atoms with Crippen LogP contribution in [0.5, 0.6) is 5.75 Å². The molecule has 0 aliphatic heterocycles. The van der Waals surface area contributed by atoms with Gasteiger partial charge in [-0.15, -0.1) is 0 Å². The Morgan fingerprint density at radius 3 is 2.10 bits per heavy atom. The Morgan fingerprint density at radius 2 is 1.52 bits per heavy atom. The monoisotopic (exact) mass is 606 g/mol. The molecule has 1 aliphatic carbocycles. The van der Waals surface area contributed by atoms with Gasteiger partial charge >= 0.3 is 5.97 Å². The van der Waals surface area contributed by atoms with Gasteiger partial charge in [-0.25, -0.2) is 0 Å². The molecular formula is C30H46N4O7S. The Labute approximate surface area is 253 Å². The summed E-state index contributed by atoms with van der Waals surface area (Å²) in [4.78, 5) is 63.4. The minimum Gasteiger partial charge on any atom is -0.497 e. The van der Waals surface area contributed by atoms with E-state index in [9.17, 15) is 29.1 Å². The Balaban J connectivity index is 2.01. The maximum absolute atomic E-state index is 13.3. The number of aliphatic carboxylic acids is 1. The van der Waals surface area contributed by atoms with Crippen molar-refractivity contribution in [2.45, 2.75) is 89.8 Å². The largest absolute Gasteiger partial charge is 0.497 e. The molecule has 5 N–H and O–H groups in total. The van der Waals surface area contributed by atoms with Crippen LogP contribution in [-0.4, -0.2) is 72.2 Å². The van der Waals surface area contributed by atoms with Crippen LogP contribution in [0.4, 0.5) is 0 Å². The topological polar surface area (TPSA) is 163 Å². The van der Waals surface area contributed by atoms with Crippen LogP contribution >= 0.6 is 12.6 Å². The summed E-state index contributed by atoms with van der Waals surface area (Å²) in [6, 6.07) is 4.46. The van der Waals surface area contributed by atoms with Gasteiger partial charge < -0.3 is 31.1 Å². The SMILES string of the molecule is COc1ccc(CCNC(=O)[C@H](CS)NC(=O)[C@H](CC(C)C)NC(=O)[C@H](CCC(=O)O)NC(=O)C2CCCCC2)cc1. The molecule has 0 radical (unpaired) electrons. The summed E-state index contributed by atoms with van der Waals surface area (Å²) in [5, 5.41) is 20.1. The molecule has 3 atom stereocenters. The van der Waals surface area contributed by atoms with E-state index in [1.807, 2.05) is 38.1 Å². The molecule has 0 spiro atoms. The van der Waals surface area contributed by atoms with Crippen LogP contribution in [0.1, 0.15) is 70.8 Å². The number of methoxy groups -OCH3 is 1. The molecule has 1 saturated carbocycles. The maximum Gasteiger partial charge on any atom is 0.303 e. The van der Waals surface area contributed by atoms with Gasteiger partial charge in [0.05, 0.1) is 7.11 Å². The van der Waals surface area contributed by atoms with Gasteiger partial charge in [0.1, 0.15) is 23.9 Å². The molecule has 0 heterocycles. The standard InChI is InChI=1S/C30H46N4O7S/c1-19(2)17-24(33-29(39)23(13-14-26(35)36)32-27(37)21-7-5-4-6-8-21)30(40)34-25(18-42)28(38)31-16-15-20-9-11-22(41-3)12-10-20/h9-12,19,21,23-25,42H,4-8,13-18H2,1-3H3,(H,31,38)(H,32,37)(H,33,39)(H,34,40)(H,35,36)/t23-,24-,25-/m0/s1. The first-order valence-corrected chi connectivity index (χ1v) is 15.3. The van der Waals surface area contributed by atoms with Gasteiger partial charge in [0.15, 0.2) is 0 Å². The maximum atomic E-state index is 13.3. The summed E-state index contributed by atoms with van der Waals surface area (Å²) in [5.74, 6) is -2.37. The summed E-state index contributed by atoms with van der Waals surface area (Å²) in [6.45, 7) is 4.13. The van der Waals surface area contributed by atoms with E-state index in [-0.39, 0.29) is 42.8 Å². The zero-order valence-electron chi connectivity index (χ0n) is 24.8. The van der Waals surface area contributed by atoms with Gasteiger partial charge in [0.25, 0.3) is 0 Å². The van der Waals surface area contributed by atoms with E-state index in [1.54, 1.807) is 7.11 Å². The van der Waals surface area contributed by atoms with Crippen molar-refractivity contribution in [3.8, 4) is 5.75 Å². The van der Waals surface area contributed by atoms with Gasteiger partial charge in [0, 0.05) is 24.6 Å². The smallest absolute Gasteiger partial charge is 0.303 e. The molecule has 1 aromatic carbocycles. The molecule has 4 amide bonds. The van der Waals surface area contributed by atoms with Crippen molar-refractivity contribution in [2.24, 2.45) is 11.8 Å². The average Bonchev–Trinajstić information content (AvgIpc) is 2.97. The van der Waals surface area contributed by atoms with Crippen molar-refractivity contribution in [2.75, 3.05) is 19.4 Å². The van der Waals surface area contributed by atoms with Crippen LogP contribution in [0.15, 0.2) is 24.3 Å². The first-order chi connectivity index (χ1) is 20.0. The molecular weight excluding hydrogens is 560 g/mol. The highest BCUT2D eigenvalue weighted by atomic mass is 32.1. The number of hydrogen-bond acceptors (Lipinski definition) is 7. The van der Waals surface area contributed by atoms with Crippen molar-refractivity contribution in [3.05, 3.63) is 29.8 Å². The minimum absolute atomic E-state index is 0.0168. The molecule has 42 heavy (non-hydrogen) atoms. The van der Waals surface area contributed by atoms with Gasteiger partial charge in [-0.1, -0.05) is 45.2 Å². The number of hydrogen-bond donors (Lipinski definition) is 6. The van der Waals surface area contributed by atoms with Gasteiger partial charge in [0.2, 0.25) is 23.6 Å². The molecule has 234 valence electrons. The van der Waals surface area contributed by atoms with E-state index in [1.165, 1.54) is 0 Å². The number of nitrogens with one attached hydrogen (secondary N) is 4. The molecule has 0 bridgehead atoms. The van der Waals surface area contributed by atoms with Crippen molar-refractivity contribution in [3.63, 3.8) is 0 Å². The van der Waals surface area contributed by atoms with Crippen molar-refractivity contribution >= 4 is 42.2 Å². The highest BCUT2D eigenvalue weighted by molar-refractivity contribution is 7.80. The zero-order chi connectivity index (χ0) is 31.1. The lowest BCUT2D eigenvalue weighted by Crippen LogP contribution is -2.57. The zero-order valence-corrected chi connectivity index (χ0v) is 25.7. The highest BCUT2D eigenvalue weighted by Gasteiger charge is 2.31. The quantitative estimate of drug-likeness (QED) is 0.148. The number of carboxylic acid groups (broad SMARTS) is 1. The third-order valence-corrected chi connectivity index (χ3v) is 7.65. The van der Waals surface area contributed by atoms with Crippen LogP contribution in [-0.2, 0) is 30.4 Å². The van der Waals surface area contributed by atoms with E-state index in [2.05, 4.69) is 33.9 Å². The van der Waals surface area contributed by atoms with Crippen LogP contribution in [0, 0.1) is 11.8 Å². The molecule has 0 unspecified atom stereocenters. The van der Waals surface area contributed by atoms with E-state index in [0.717, 1.165) is 43.4 Å². The molecule has 1 aromatic rings. The molecule has 11 nitrogen and oxygen atoms in total. The first-order valence-electron chi connectivity index (χ1n) is 14.7. The van der Waals surface area contributed by atoms with E-state index in [0.29, 0.717) is 13.0 Å². The minimum atomic E-state index is -1.10. The lowest BCUT2D eigenvalue weighted by atomic mass is 9.88. The third-order valence-electron chi connectivity index (χ3n) is 7.28. The number of amides is 4. The molecule has 1 aliphatic rings. The number of carboxylic acids is 1. The molecule has 0 aromatic heterocycles. The second-order valence-electron chi connectivity index (χ2n) is 11.2. The van der Waals surface area contributed by atoms with Crippen LogP contribution in [0.25, 0.3) is 0 Å². The second-order valence-corrected chi connectivity index (χ2v) is 11.5. The predicted octanol–water partition coefficient (Wildman–Crippen LogP) is 2.23. The number of rotatable bonds is 17. The van der Waals surface area contributed by atoms with Crippen LogP contribution in [0.2, 0.25) is 0 Å².